The van der Waals surface area contributed by atoms with Crippen LogP contribution in [0.15, 0.2) is 46.2 Å². The smallest absolute Gasteiger partial charge is 0.354 e. The molecule has 2 aromatic carbocycles. The molecule has 0 aromatic heterocycles. The Morgan fingerprint density at radius 1 is 1.00 bits per heavy atom. The first-order valence-corrected chi connectivity index (χ1v) is 9.60. The minimum Gasteiger partial charge on any atom is -0.495 e. The van der Waals surface area contributed by atoms with Gasteiger partial charge in [0, 0.05) is 0 Å². The molecule has 12 heteroatoms. The van der Waals surface area contributed by atoms with Gasteiger partial charge in [0.25, 0.3) is 10.1 Å². The van der Waals surface area contributed by atoms with Crippen molar-refractivity contribution in [2.75, 3.05) is 18.6 Å². The highest BCUT2D eigenvalue weighted by atomic mass is 32.2. The van der Waals surface area contributed by atoms with Crippen molar-refractivity contribution >= 4 is 37.6 Å². The molecule has 0 atom stereocenters. The summed E-state index contributed by atoms with van der Waals surface area (Å²) in [6.45, 7) is 0. The maximum absolute atomic E-state index is 12.2. The second kappa shape index (κ2) is 6.82. The Hall–Kier alpha value is -2.83. The number of methoxy groups -OCH3 is 1. The first kappa shape index (κ1) is 19.5. The lowest BCUT2D eigenvalue weighted by atomic mass is 10.2. The van der Waals surface area contributed by atoms with Gasteiger partial charge in [-0.1, -0.05) is 0 Å². The number of carbonyl (C=O) groups excluding carboxylic acids is 1. The van der Waals surface area contributed by atoms with Crippen molar-refractivity contribution in [3.05, 3.63) is 42.0 Å². The quantitative estimate of drug-likeness (QED) is 0.365. The fourth-order valence-electron chi connectivity index (χ4n) is 1.97. The van der Waals surface area contributed by atoms with Crippen LogP contribution < -0.4 is 16.2 Å². The topological polar surface area (TPSA) is 176 Å². The molecule has 0 aliphatic heterocycles. The summed E-state index contributed by atoms with van der Waals surface area (Å²) >= 11 is 0. The van der Waals surface area contributed by atoms with E-state index in [1.54, 1.807) is 0 Å². The Labute approximate surface area is 149 Å². The van der Waals surface area contributed by atoms with E-state index >= 15 is 0 Å². The third-order valence-corrected chi connectivity index (χ3v) is 5.33. The van der Waals surface area contributed by atoms with E-state index in [2.05, 4.69) is 4.18 Å². The maximum atomic E-state index is 12.2. The second-order valence-electron chi connectivity index (χ2n) is 4.96. The van der Waals surface area contributed by atoms with Crippen LogP contribution in [0.1, 0.15) is 10.4 Å². The fourth-order valence-corrected chi connectivity index (χ4v) is 3.47. The number of carbonyl (C=O) groups is 1. The molecular formula is C14H14N2O8S2. The third kappa shape index (κ3) is 4.04. The zero-order chi connectivity index (χ0) is 19.7. The van der Waals surface area contributed by atoms with Gasteiger partial charge >= 0.3 is 16.1 Å². The standard InChI is InChI=1S/C14H14N2O8S2/c1-23-12-4-2-8(6-10(12)15)14(17)24-26(21,22)9-3-5-13(11(16)7-9)25(18,19)20/h2-7H,15-16H2,1H3,(H,18,19,20). The van der Waals surface area contributed by atoms with Crippen LogP contribution in [0.2, 0.25) is 0 Å². The average Bonchev–Trinajstić information content (AvgIpc) is 2.53. The van der Waals surface area contributed by atoms with Gasteiger partial charge in [-0.25, -0.2) is 4.79 Å². The summed E-state index contributed by atoms with van der Waals surface area (Å²) in [6, 6.07) is 6.13. The molecule has 0 radical (unpaired) electrons. The molecule has 0 aliphatic carbocycles. The summed E-state index contributed by atoms with van der Waals surface area (Å²) in [7, 11) is -7.86. The van der Waals surface area contributed by atoms with E-state index in [0.29, 0.717) is 0 Å². The van der Waals surface area contributed by atoms with E-state index in [0.717, 1.165) is 18.2 Å². The summed E-state index contributed by atoms with van der Waals surface area (Å²) in [5.74, 6) is -0.922. The lowest BCUT2D eigenvalue weighted by Crippen LogP contribution is -2.14. The van der Waals surface area contributed by atoms with Crippen LogP contribution in [0.5, 0.6) is 5.75 Å². The van der Waals surface area contributed by atoms with Gasteiger partial charge in [-0.15, -0.1) is 0 Å². The number of hydrogen-bond acceptors (Lipinski definition) is 9. The van der Waals surface area contributed by atoms with Crippen molar-refractivity contribution < 1.29 is 35.1 Å². The molecule has 0 unspecified atom stereocenters. The molecule has 0 aliphatic rings. The van der Waals surface area contributed by atoms with Gasteiger partial charge in [0.2, 0.25) is 0 Å². The Kier molecular flexibility index (Phi) is 5.11. The Morgan fingerprint density at radius 2 is 1.65 bits per heavy atom. The monoisotopic (exact) mass is 402 g/mol. The van der Waals surface area contributed by atoms with Crippen LogP contribution in [0.4, 0.5) is 11.4 Å². The van der Waals surface area contributed by atoms with E-state index in [1.807, 2.05) is 0 Å². The highest BCUT2D eigenvalue weighted by Crippen LogP contribution is 2.25. The molecule has 5 N–H and O–H groups in total. The van der Waals surface area contributed by atoms with Crippen molar-refractivity contribution in [1.29, 1.82) is 0 Å². The summed E-state index contributed by atoms with van der Waals surface area (Å²) < 4.78 is 64.9. The third-order valence-electron chi connectivity index (χ3n) is 3.20. The largest absolute Gasteiger partial charge is 0.495 e. The van der Waals surface area contributed by atoms with Gasteiger partial charge in [0.05, 0.1) is 24.0 Å². The van der Waals surface area contributed by atoms with Crippen LogP contribution in [0, 0.1) is 0 Å². The molecule has 2 aromatic rings. The van der Waals surface area contributed by atoms with Crippen LogP contribution >= 0.6 is 0 Å². The van der Waals surface area contributed by atoms with E-state index in [-0.39, 0.29) is 17.0 Å². The van der Waals surface area contributed by atoms with Gasteiger partial charge in [-0.2, -0.15) is 16.8 Å². The SMILES string of the molecule is COc1ccc(C(=O)OS(=O)(=O)c2ccc(S(=O)(=O)O)c(N)c2)cc1N. The lowest BCUT2D eigenvalue weighted by Gasteiger charge is -2.09. The minimum atomic E-state index is -4.63. The van der Waals surface area contributed by atoms with E-state index < -0.39 is 41.7 Å². The molecular weight excluding hydrogens is 388 g/mol. The minimum absolute atomic E-state index is 0.0982. The van der Waals surface area contributed by atoms with Crippen LogP contribution in [-0.2, 0) is 24.4 Å². The van der Waals surface area contributed by atoms with Gasteiger partial charge in [0.15, 0.2) is 0 Å². The number of anilines is 2. The molecule has 0 saturated carbocycles. The first-order valence-electron chi connectivity index (χ1n) is 6.75. The Balaban J connectivity index is 2.32. The summed E-state index contributed by atoms with van der Waals surface area (Å²) in [6.07, 6.45) is 0. The van der Waals surface area contributed by atoms with Gasteiger partial charge < -0.3 is 20.4 Å². The van der Waals surface area contributed by atoms with Crippen LogP contribution in [0.25, 0.3) is 0 Å². The molecule has 0 amide bonds. The molecule has 0 spiro atoms. The van der Waals surface area contributed by atoms with E-state index in [4.69, 9.17) is 20.8 Å². The molecule has 0 bridgehead atoms. The van der Waals surface area contributed by atoms with E-state index in [9.17, 15) is 21.6 Å². The number of rotatable bonds is 5. The molecule has 26 heavy (non-hydrogen) atoms. The van der Waals surface area contributed by atoms with Crippen molar-refractivity contribution in [3.63, 3.8) is 0 Å². The maximum Gasteiger partial charge on any atom is 0.354 e. The molecule has 0 saturated heterocycles. The van der Waals surface area contributed by atoms with Crippen molar-refractivity contribution in [1.82, 2.24) is 0 Å². The fraction of sp³-hybridized carbons (Fsp3) is 0.0714. The second-order valence-corrected chi connectivity index (χ2v) is 7.89. The molecule has 0 fully saturated rings. The number of nitrogens with two attached hydrogens (primary N) is 2. The predicted octanol–water partition coefficient (Wildman–Crippen LogP) is 0.652. The zero-order valence-electron chi connectivity index (χ0n) is 13.2. The summed E-state index contributed by atoms with van der Waals surface area (Å²) in [5.41, 5.74) is 10.5. The van der Waals surface area contributed by atoms with Crippen molar-refractivity contribution in [2.24, 2.45) is 0 Å². The predicted molar refractivity (Wildman–Crippen MR) is 90.7 cm³/mol. The number of nitrogen functional groups attached to an aromatic ring is 2. The van der Waals surface area contributed by atoms with Crippen molar-refractivity contribution in [2.45, 2.75) is 9.79 Å². The number of ether oxygens (including phenoxy) is 1. The van der Waals surface area contributed by atoms with Crippen LogP contribution in [0.3, 0.4) is 0 Å². The Bertz CT molecular complexity index is 1080. The number of hydrogen-bond donors (Lipinski definition) is 3. The highest BCUT2D eigenvalue weighted by Gasteiger charge is 2.24. The van der Waals surface area contributed by atoms with Gasteiger partial charge in [-0.3, -0.25) is 4.55 Å². The highest BCUT2D eigenvalue weighted by molar-refractivity contribution is 7.87. The van der Waals surface area contributed by atoms with Gasteiger partial charge in [0.1, 0.15) is 15.5 Å². The lowest BCUT2D eigenvalue weighted by molar-refractivity contribution is 0.0746. The first-order chi connectivity index (χ1) is 12.0. The number of benzene rings is 2. The molecule has 10 nitrogen and oxygen atoms in total. The molecule has 2 rings (SSSR count). The molecule has 0 heterocycles. The molecule has 140 valence electrons. The van der Waals surface area contributed by atoms with Gasteiger partial charge in [-0.05, 0) is 36.4 Å². The normalized spacial score (nSPS) is 11.8. The van der Waals surface area contributed by atoms with Crippen molar-refractivity contribution in [3.8, 4) is 5.75 Å². The summed E-state index contributed by atoms with van der Waals surface area (Å²) in [4.78, 5) is 10.8. The summed E-state index contributed by atoms with van der Waals surface area (Å²) in [5, 5.41) is 0. The zero-order valence-corrected chi connectivity index (χ0v) is 14.9. The van der Waals surface area contributed by atoms with E-state index in [1.165, 1.54) is 25.3 Å². The van der Waals surface area contributed by atoms with Crippen LogP contribution in [-0.4, -0.2) is 34.5 Å². The average molecular weight is 402 g/mol. The Morgan fingerprint density at radius 3 is 2.15 bits per heavy atom.